The monoisotopic (exact) mass is 235 g/mol. The molecule has 1 fully saturated rings. The first-order chi connectivity index (χ1) is 8.13. The minimum absolute atomic E-state index is 0.113. The van der Waals surface area contributed by atoms with E-state index in [4.69, 9.17) is 0 Å². The number of aromatic nitrogens is 2. The maximum absolute atomic E-state index is 11.2. The Hall–Kier alpha value is -1.65. The molecule has 1 heterocycles. The summed E-state index contributed by atoms with van der Waals surface area (Å²) >= 11 is 0. The molecule has 0 amide bonds. The van der Waals surface area contributed by atoms with Gasteiger partial charge >= 0.3 is 5.97 Å². The highest BCUT2D eigenvalue weighted by atomic mass is 16.5. The molecule has 0 saturated heterocycles. The molecule has 0 aromatic carbocycles. The molecule has 1 aliphatic carbocycles. The number of nitrogens with zero attached hydrogens (tertiary/aromatic N) is 2. The first-order valence-corrected chi connectivity index (χ1v) is 5.81. The lowest BCUT2D eigenvalue weighted by Crippen LogP contribution is -2.31. The molecular weight excluding hydrogens is 218 g/mol. The van der Waals surface area contributed by atoms with Crippen molar-refractivity contribution >= 4 is 11.8 Å². The minimum atomic E-state index is -0.462. The van der Waals surface area contributed by atoms with Gasteiger partial charge in [-0.25, -0.2) is 14.8 Å². The third-order valence-corrected chi connectivity index (χ3v) is 3.18. The molecule has 1 aromatic rings. The second kappa shape index (κ2) is 4.69. The first kappa shape index (κ1) is 11.8. The number of rotatable bonds is 3. The average molecular weight is 235 g/mol. The standard InChI is InChI=1S/C12H17N3O2/c1-12(5-3-4-6-12)15-10-8-13-9(7-14-10)11(16)17-2/h7-8H,3-6H2,1-2H3,(H,14,15). The topological polar surface area (TPSA) is 64.1 Å². The van der Waals surface area contributed by atoms with Crippen molar-refractivity contribution in [3.63, 3.8) is 0 Å². The van der Waals surface area contributed by atoms with Gasteiger partial charge in [-0.05, 0) is 19.8 Å². The molecule has 1 aromatic heterocycles. The molecule has 0 atom stereocenters. The minimum Gasteiger partial charge on any atom is -0.464 e. The average Bonchev–Trinajstić information content (AvgIpc) is 2.76. The van der Waals surface area contributed by atoms with Crippen LogP contribution < -0.4 is 5.32 Å². The van der Waals surface area contributed by atoms with Gasteiger partial charge in [0.2, 0.25) is 0 Å². The molecule has 0 aliphatic heterocycles. The predicted molar refractivity (Wildman–Crippen MR) is 63.9 cm³/mol. The van der Waals surface area contributed by atoms with Crippen LogP contribution in [0.15, 0.2) is 12.4 Å². The quantitative estimate of drug-likeness (QED) is 0.812. The highest BCUT2D eigenvalue weighted by Crippen LogP contribution is 2.31. The van der Waals surface area contributed by atoms with Gasteiger partial charge in [-0.15, -0.1) is 0 Å². The first-order valence-electron chi connectivity index (χ1n) is 5.81. The molecule has 0 unspecified atom stereocenters. The number of nitrogens with one attached hydrogen (secondary N) is 1. The highest BCUT2D eigenvalue weighted by molar-refractivity contribution is 5.86. The van der Waals surface area contributed by atoms with Gasteiger partial charge in [0.1, 0.15) is 5.82 Å². The van der Waals surface area contributed by atoms with Crippen LogP contribution in [0.25, 0.3) is 0 Å². The van der Waals surface area contributed by atoms with Crippen molar-refractivity contribution in [2.24, 2.45) is 0 Å². The molecule has 1 N–H and O–H groups in total. The number of carbonyl (C=O) groups excluding carboxylic acids is 1. The molecule has 0 bridgehead atoms. The zero-order valence-electron chi connectivity index (χ0n) is 10.2. The third kappa shape index (κ3) is 2.72. The molecule has 1 saturated carbocycles. The maximum Gasteiger partial charge on any atom is 0.358 e. The number of esters is 1. The van der Waals surface area contributed by atoms with Crippen LogP contribution in [0.5, 0.6) is 0 Å². The number of hydrogen-bond donors (Lipinski definition) is 1. The lowest BCUT2D eigenvalue weighted by atomic mass is 10.0. The normalized spacial score (nSPS) is 17.8. The van der Waals surface area contributed by atoms with Gasteiger partial charge in [0.25, 0.3) is 0 Å². The Morgan fingerprint density at radius 1 is 1.35 bits per heavy atom. The highest BCUT2D eigenvalue weighted by Gasteiger charge is 2.28. The Balaban J connectivity index is 2.05. The Morgan fingerprint density at radius 2 is 2.06 bits per heavy atom. The van der Waals surface area contributed by atoms with Gasteiger partial charge in [-0.2, -0.15) is 0 Å². The summed E-state index contributed by atoms with van der Waals surface area (Å²) < 4.78 is 4.57. The number of anilines is 1. The summed E-state index contributed by atoms with van der Waals surface area (Å²) in [6.07, 6.45) is 7.80. The summed E-state index contributed by atoms with van der Waals surface area (Å²) in [5.74, 6) is 0.248. The van der Waals surface area contributed by atoms with Crippen molar-refractivity contribution in [3.05, 3.63) is 18.1 Å². The smallest absolute Gasteiger partial charge is 0.358 e. The van der Waals surface area contributed by atoms with Crippen LogP contribution >= 0.6 is 0 Å². The maximum atomic E-state index is 11.2. The van der Waals surface area contributed by atoms with E-state index >= 15 is 0 Å². The van der Waals surface area contributed by atoms with Gasteiger partial charge < -0.3 is 10.1 Å². The van der Waals surface area contributed by atoms with E-state index in [1.807, 2.05) is 0 Å². The molecular formula is C12H17N3O2. The Labute approximate surface area is 101 Å². The molecule has 2 rings (SSSR count). The van der Waals surface area contributed by atoms with Gasteiger partial charge in [0, 0.05) is 5.54 Å². The van der Waals surface area contributed by atoms with E-state index in [9.17, 15) is 4.79 Å². The summed E-state index contributed by atoms with van der Waals surface area (Å²) in [4.78, 5) is 19.4. The fourth-order valence-electron chi connectivity index (χ4n) is 2.19. The van der Waals surface area contributed by atoms with Crippen molar-refractivity contribution in [2.45, 2.75) is 38.1 Å². The Bertz CT molecular complexity index is 397. The number of hydrogen-bond acceptors (Lipinski definition) is 5. The van der Waals surface area contributed by atoms with Gasteiger partial charge in [-0.3, -0.25) is 0 Å². The van der Waals surface area contributed by atoms with Crippen LogP contribution in [0.4, 0.5) is 5.82 Å². The van der Waals surface area contributed by atoms with Crippen LogP contribution in [-0.2, 0) is 4.74 Å². The van der Waals surface area contributed by atoms with Gasteiger partial charge in [0.05, 0.1) is 19.5 Å². The fourth-order valence-corrected chi connectivity index (χ4v) is 2.19. The second-order valence-electron chi connectivity index (χ2n) is 4.67. The number of carbonyl (C=O) groups is 1. The summed E-state index contributed by atoms with van der Waals surface area (Å²) in [5, 5.41) is 3.38. The van der Waals surface area contributed by atoms with E-state index in [2.05, 4.69) is 26.9 Å². The predicted octanol–water partition coefficient (Wildman–Crippen LogP) is 2.01. The zero-order valence-corrected chi connectivity index (χ0v) is 10.2. The Kier molecular flexibility index (Phi) is 3.26. The molecule has 0 radical (unpaired) electrons. The zero-order chi connectivity index (χ0) is 12.3. The van der Waals surface area contributed by atoms with E-state index in [0.29, 0.717) is 5.82 Å². The van der Waals surface area contributed by atoms with Crippen LogP contribution in [-0.4, -0.2) is 28.6 Å². The van der Waals surface area contributed by atoms with Gasteiger partial charge in [0.15, 0.2) is 5.69 Å². The van der Waals surface area contributed by atoms with Crippen molar-refractivity contribution in [2.75, 3.05) is 12.4 Å². The summed E-state index contributed by atoms with van der Waals surface area (Å²) in [7, 11) is 1.33. The number of ether oxygens (including phenoxy) is 1. The van der Waals surface area contributed by atoms with Crippen molar-refractivity contribution in [3.8, 4) is 0 Å². The third-order valence-electron chi connectivity index (χ3n) is 3.18. The molecule has 1 aliphatic rings. The lowest BCUT2D eigenvalue weighted by Gasteiger charge is -2.25. The molecule has 17 heavy (non-hydrogen) atoms. The summed E-state index contributed by atoms with van der Waals surface area (Å²) in [6.45, 7) is 2.19. The SMILES string of the molecule is COC(=O)c1cnc(NC2(C)CCCC2)cn1. The van der Waals surface area contributed by atoms with E-state index in [-0.39, 0.29) is 11.2 Å². The summed E-state index contributed by atoms with van der Waals surface area (Å²) in [5.41, 5.74) is 0.344. The van der Waals surface area contributed by atoms with Crippen LogP contribution in [0.1, 0.15) is 43.1 Å². The van der Waals surface area contributed by atoms with Crippen molar-refractivity contribution < 1.29 is 9.53 Å². The van der Waals surface area contributed by atoms with Gasteiger partial charge in [-0.1, -0.05) is 12.8 Å². The molecule has 0 spiro atoms. The molecule has 92 valence electrons. The van der Waals surface area contributed by atoms with E-state index in [0.717, 1.165) is 12.8 Å². The molecule has 5 nitrogen and oxygen atoms in total. The number of methoxy groups -OCH3 is 1. The van der Waals surface area contributed by atoms with Crippen LogP contribution in [0.2, 0.25) is 0 Å². The summed E-state index contributed by atoms with van der Waals surface area (Å²) in [6, 6.07) is 0. The largest absolute Gasteiger partial charge is 0.464 e. The Morgan fingerprint density at radius 3 is 2.59 bits per heavy atom. The van der Waals surface area contributed by atoms with Crippen molar-refractivity contribution in [1.82, 2.24) is 9.97 Å². The van der Waals surface area contributed by atoms with E-state index < -0.39 is 5.97 Å². The van der Waals surface area contributed by atoms with Crippen LogP contribution in [0, 0.1) is 0 Å². The van der Waals surface area contributed by atoms with Crippen molar-refractivity contribution in [1.29, 1.82) is 0 Å². The van der Waals surface area contributed by atoms with E-state index in [1.54, 1.807) is 6.20 Å². The van der Waals surface area contributed by atoms with E-state index in [1.165, 1.54) is 26.1 Å². The second-order valence-corrected chi connectivity index (χ2v) is 4.67. The van der Waals surface area contributed by atoms with Crippen LogP contribution in [0.3, 0.4) is 0 Å². The fraction of sp³-hybridized carbons (Fsp3) is 0.583. The molecule has 5 heteroatoms. The lowest BCUT2D eigenvalue weighted by molar-refractivity contribution is 0.0593.